The molecule has 126 valence electrons. The van der Waals surface area contributed by atoms with Crippen molar-refractivity contribution in [3.63, 3.8) is 0 Å². The molecule has 1 aliphatic rings. The zero-order valence-corrected chi connectivity index (χ0v) is 13.4. The van der Waals surface area contributed by atoms with Crippen LogP contribution in [0.2, 0.25) is 0 Å². The van der Waals surface area contributed by atoms with Crippen LogP contribution < -0.4 is 10.1 Å². The number of nitrogens with zero attached hydrogens (tertiary/aromatic N) is 3. The number of aromatic nitrogens is 1. The van der Waals surface area contributed by atoms with Gasteiger partial charge >= 0.3 is 6.03 Å². The molecule has 0 aliphatic carbocycles. The summed E-state index contributed by atoms with van der Waals surface area (Å²) in [7, 11) is 0. The Morgan fingerprint density at radius 2 is 2.08 bits per heavy atom. The molecular weight excluding hydrogens is 308 g/mol. The summed E-state index contributed by atoms with van der Waals surface area (Å²) in [6.45, 7) is 3.10. The van der Waals surface area contributed by atoms with Gasteiger partial charge in [-0.1, -0.05) is 6.07 Å². The van der Waals surface area contributed by atoms with Gasteiger partial charge in [0.2, 0.25) is 6.41 Å². The standard InChI is InChI=1S/C17H20N4O3/c22-13-20-7-9-21(10-8-20)17(23)19-6-11-24-15-3-4-16-14(12-15)2-1-5-18-16/h1-5,12-13H,6-11H2,(H,19,23). The number of piperazine rings is 1. The smallest absolute Gasteiger partial charge is 0.317 e. The van der Waals surface area contributed by atoms with Crippen LogP contribution in [-0.4, -0.2) is 66.6 Å². The average Bonchev–Trinajstić information content (AvgIpc) is 2.65. The van der Waals surface area contributed by atoms with Crippen molar-refractivity contribution in [3.05, 3.63) is 36.5 Å². The van der Waals surface area contributed by atoms with Crippen LogP contribution in [0.25, 0.3) is 10.9 Å². The highest BCUT2D eigenvalue weighted by atomic mass is 16.5. The number of hydrogen-bond acceptors (Lipinski definition) is 4. The molecule has 2 heterocycles. The Hall–Kier alpha value is -2.83. The van der Waals surface area contributed by atoms with Crippen LogP contribution in [0.5, 0.6) is 5.75 Å². The lowest BCUT2D eigenvalue weighted by atomic mass is 10.2. The number of urea groups is 1. The van der Waals surface area contributed by atoms with Crippen LogP contribution in [0, 0.1) is 0 Å². The second kappa shape index (κ2) is 7.63. The van der Waals surface area contributed by atoms with E-state index in [4.69, 9.17) is 4.74 Å². The van der Waals surface area contributed by atoms with Gasteiger partial charge in [-0.15, -0.1) is 0 Å². The molecule has 1 aromatic heterocycles. The first-order valence-corrected chi connectivity index (χ1v) is 7.96. The third-order valence-corrected chi connectivity index (χ3v) is 3.97. The van der Waals surface area contributed by atoms with Gasteiger partial charge in [-0.25, -0.2) is 4.79 Å². The fourth-order valence-electron chi connectivity index (χ4n) is 2.61. The number of pyridine rings is 1. The van der Waals surface area contributed by atoms with E-state index in [0.29, 0.717) is 39.3 Å². The van der Waals surface area contributed by atoms with Crippen LogP contribution in [0.4, 0.5) is 4.79 Å². The van der Waals surface area contributed by atoms with Crippen molar-refractivity contribution in [1.29, 1.82) is 0 Å². The van der Waals surface area contributed by atoms with E-state index in [1.807, 2.05) is 30.3 Å². The van der Waals surface area contributed by atoms with E-state index in [9.17, 15) is 9.59 Å². The number of nitrogens with one attached hydrogen (secondary N) is 1. The van der Waals surface area contributed by atoms with E-state index in [-0.39, 0.29) is 6.03 Å². The Balaban J connectivity index is 1.41. The van der Waals surface area contributed by atoms with Crippen LogP contribution >= 0.6 is 0 Å². The van der Waals surface area contributed by atoms with Crippen LogP contribution in [0.15, 0.2) is 36.5 Å². The van der Waals surface area contributed by atoms with Crippen LogP contribution in [-0.2, 0) is 4.79 Å². The number of benzene rings is 1. The Labute approximate surface area is 140 Å². The monoisotopic (exact) mass is 328 g/mol. The highest BCUT2D eigenvalue weighted by molar-refractivity contribution is 5.79. The van der Waals surface area contributed by atoms with Crippen molar-refractivity contribution < 1.29 is 14.3 Å². The molecule has 0 spiro atoms. The van der Waals surface area contributed by atoms with Crippen LogP contribution in [0.3, 0.4) is 0 Å². The van der Waals surface area contributed by atoms with E-state index >= 15 is 0 Å². The number of rotatable bonds is 5. The Morgan fingerprint density at radius 1 is 1.25 bits per heavy atom. The van der Waals surface area contributed by atoms with Gasteiger partial charge in [0.1, 0.15) is 12.4 Å². The molecule has 1 fully saturated rings. The van der Waals surface area contributed by atoms with Crippen LogP contribution in [0.1, 0.15) is 0 Å². The molecule has 24 heavy (non-hydrogen) atoms. The van der Waals surface area contributed by atoms with Gasteiger partial charge in [0.25, 0.3) is 0 Å². The second-order valence-electron chi connectivity index (χ2n) is 5.57. The van der Waals surface area contributed by atoms with Crippen molar-refractivity contribution in [2.24, 2.45) is 0 Å². The molecular formula is C17H20N4O3. The van der Waals surface area contributed by atoms with Gasteiger partial charge in [-0.2, -0.15) is 0 Å². The highest BCUT2D eigenvalue weighted by Crippen LogP contribution is 2.18. The first-order valence-electron chi connectivity index (χ1n) is 7.96. The van der Waals surface area contributed by atoms with E-state index in [1.54, 1.807) is 16.0 Å². The van der Waals surface area contributed by atoms with E-state index in [0.717, 1.165) is 23.1 Å². The number of hydrogen-bond donors (Lipinski definition) is 1. The number of carbonyl (C=O) groups excluding carboxylic acids is 2. The Kier molecular flexibility index (Phi) is 5.10. The second-order valence-corrected chi connectivity index (χ2v) is 5.57. The molecule has 3 rings (SSSR count). The van der Waals surface area contributed by atoms with Gasteiger partial charge in [0.15, 0.2) is 0 Å². The lowest BCUT2D eigenvalue weighted by molar-refractivity contribution is -0.119. The van der Waals surface area contributed by atoms with Crippen molar-refractivity contribution in [2.45, 2.75) is 0 Å². The molecule has 0 radical (unpaired) electrons. The molecule has 7 heteroatoms. The number of amides is 3. The molecule has 0 saturated carbocycles. The zero-order valence-electron chi connectivity index (χ0n) is 13.4. The fourth-order valence-corrected chi connectivity index (χ4v) is 2.61. The number of carbonyl (C=O) groups is 2. The van der Waals surface area contributed by atoms with Crippen molar-refractivity contribution >= 4 is 23.3 Å². The van der Waals surface area contributed by atoms with Gasteiger partial charge in [0.05, 0.1) is 12.1 Å². The third kappa shape index (κ3) is 3.92. The molecule has 0 unspecified atom stereocenters. The SMILES string of the molecule is O=CN1CCN(C(=O)NCCOc2ccc3ncccc3c2)CC1. The van der Waals surface area contributed by atoms with E-state index in [2.05, 4.69) is 10.3 Å². The first kappa shape index (κ1) is 16.0. The molecule has 0 atom stereocenters. The summed E-state index contributed by atoms with van der Waals surface area (Å²) in [5, 5.41) is 3.86. The van der Waals surface area contributed by atoms with Gasteiger partial charge in [-0.3, -0.25) is 9.78 Å². The summed E-state index contributed by atoms with van der Waals surface area (Å²) in [6, 6.07) is 9.47. The number of fused-ring (bicyclic) bond motifs is 1. The summed E-state index contributed by atoms with van der Waals surface area (Å²) in [4.78, 5) is 30.3. The summed E-state index contributed by atoms with van der Waals surface area (Å²) in [6.07, 6.45) is 2.58. The number of ether oxygens (including phenoxy) is 1. The lowest BCUT2D eigenvalue weighted by Gasteiger charge is -2.32. The lowest BCUT2D eigenvalue weighted by Crippen LogP contribution is -2.51. The first-order chi connectivity index (χ1) is 11.8. The molecule has 1 aliphatic heterocycles. The predicted molar refractivity (Wildman–Crippen MR) is 89.8 cm³/mol. The van der Waals surface area contributed by atoms with Gasteiger partial charge in [0, 0.05) is 37.8 Å². The minimum Gasteiger partial charge on any atom is -0.492 e. The molecule has 0 bridgehead atoms. The summed E-state index contributed by atoms with van der Waals surface area (Å²) in [5.41, 5.74) is 0.924. The van der Waals surface area contributed by atoms with E-state index in [1.165, 1.54) is 0 Å². The Bertz CT molecular complexity index is 714. The van der Waals surface area contributed by atoms with Crippen molar-refractivity contribution in [1.82, 2.24) is 20.1 Å². The summed E-state index contributed by atoms with van der Waals surface area (Å²) < 4.78 is 5.67. The highest BCUT2D eigenvalue weighted by Gasteiger charge is 2.19. The maximum Gasteiger partial charge on any atom is 0.317 e. The molecule has 1 N–H and O–H groups in total. The zero-order chi connectivity index (χ0) is 16.8. The Morgan fingerprint density at radius 3 is 2.88 bits per heavy atom. The summed E-state index contributed by atoms with van der Waals surface area (Å²) >= 11 is 0. The predicted octanol–water partition coefficient (Wildman–Crippen LogP) is 1.10. The normalized spacial score (nSPS) is 14.5. The average molecular weight is 328 g/mol. The topological polar surface area (TPSA) is 74.8 Å². The van der Waals surface area contributed by atoms with Crippen molar-refractivity contribution in [3.8, 4) is 5.75 Å². The minimum atomic E-state index is -0.119. The summed E-state index contributed by atoms with van der Waals surface area (Å²) in [5.74, 6) is 0.754. The molecule has 1 aromatic carbocycles. The minimum absolute atomic E-state index is 0.119. The molecule has 7 nitrogen and oxygen atoms in total. The van der Waals surface area contributed by atoms with Crippen molar-refractivity contribution in [2.75, 3.05) is 39.3 Å². The fraction of sp³-hybridized carbons (Fsp3) is 0.353. The molecule has 2 aromatic rings. The molecule has 1 saturated heterocycles. The third-order valence-electron chi connectivity index (χ3n) is 3.97. The van der Waals surface area contributed by atoms with E-state index < -0.39 is 0 Å². The largest absolute Gasteiger partial charge is 0.492 e. The maximum absolute atomic E-state index is 12.0. The van der Waals surface area contributed by atoms with Gasteiger partial charge < -0.3 is 19.9 Å². The van der Waals surface area contributed by atoms with Gasteiger partial charge in [-0.05, 0) is 24.3 Å². The molecule has 3 amide bonds. The quantitative estimate of drug-likeness (QED) is 0.659. The maximum atomic E-state index is 12.0.